The van der Waals surface area contributed by atoms with Crippen LogP contribution >= 0.6 is 0 Å². The Kier molecular flexibility index (Phi) is 7.24. The van der Waals surface area contributed by atoms with Gasteiger partial charge in [0.1, 0.15) is 17.1 Å². The van der Waals surface area contributed by atoms with Gasteiger partial charge in [-0.2, -0.15) is 0 Å². The highest BCUT2D eigenvalue weighted by Gasteiger charge is 2.30. The Morgan fingerprint density at radius 1 is 1.10 bits per heavy atom. The Labute approximate surface area is 179 Å². The number of para-hydroxylation sites is 1. The van der Waals surface area contributed by atoms with Gasteiger partial charge in [0.25, 0.3) is 0 Å². The molecule has 2 aromatic carbocycles. The molecule has 2 aromatic rings. The molecule has 1 heterocycles. The summed E-state index contributed by atoms with van der Waals surface area (Å²) in [6, 6.07) is 16.4. The molecule has 0 N–H and O–H groups in total. The van der Waals surface area contributed by atoms with Crippen molar-refractivity contribution in [2.24, 2.45) is 5.92 Å². The number of likely N-dealkylation sites (tertiary alicyclic amines) is 1. The standard InChI is InChI=1S/C25H33NO4/c1-25(2,3)30-24(27)26-15-14-20(17-26)18-29-23-11-6-5-9-21(23)13-12-19-8-7-10-22(16-19)28-4/h5-11,16,20H,12-15,17-18H2,1-4H3/t20-/m0/s1. The van der Waals surface area contributed by atoms with Gasteiger partial charge in [-0.15, -0.1) is 0 Å². The smallest absolute Gasteiger partial charge is 0.410 e. The number of carbonyl (C=O) groups is 1. The highest BCUT2D eigenvalue weighted by atomic mass is 16.6. The predicted molar refractivity (Wildman–Crippen MR) is 118 cm³/mol. The lowest BCUT2D eigenvalue weighted by Gasteiger charge is -2.24. The third-order valence-corrected chi connectivity index (χ3v) is 5.20. The van der Waals surface area contributed by atoms with Crippen LogP contribution in [0.3, 0.4) is 0 Å². The maximum atomic E-state index is 12.3. The van der Waals surface area contributed by atoms with Crippen molar-refractivity contribution in [3.05, 3.63) is 59.7 Å². The van der Waals surface area contributed by atoms with E-state index in [2.05, 4.69) is 18.2 Å². The number of rotatable bonds is 7. The Morgan fingerprint density at radius 2 is 1.90 bits per heavy atom. The molecule has 1 atom stereocenters. The second kappa shape index (κ2) is 9.88. The number of hydrogen-bond acceptors (Lipinski definition) is 4. The molecule has 3 rings (SSSR count). The molecule has 1 fully saturated rings. The van der Waals surface area contributed by atoms with Crippen LogP contribution in [0.5, 0.6) is 11.5 Å². The zero-order valence-corrected chi connectivity index (χ0v) is 18.5. The molecule has 30 heavy (non-hydrogen) atoms. The van der Waals surface area contributed by atoms with Crippen LogP contribution in [0.15, 0.2) is 48.5 Å². The average molecular weight is 412 g/mol. The van der Waals surface area contributed by atoms with Crippen LogP contribution in [0, 0.1) is 5.92 Å². The van der Waals surface area contributed by atoms with E-state index in [1.165, 1.54) is 11.1 Å². The van der Waals surface area contributed by atoms with E-state index in [0.717, 1.165) is 37.3 Å². The molecule has 1 amide bonds. The lowest BCUT2D eigenvalue weighted by molar-refractivity contribution is 0.0284. The lowest BCUT2D eigenvalue weighted by Crippen LogP contribution is -2.35. The maximum absolute atomic E-state index is 12.3. The van der Waals surface area contributed by atoms with Crippen molar-refractivity contribution in [3.63, 3.8) is 0 Å². The van der Waals surface area contributed by atoms with E-state index >= 15 is 0 Å². The minimum atomic E-state index is -0.465. The van der Waals surface area contributed by atoms with E-state index in [-0.39, 0.29) is 6.09 Å². The van der Waals surface area contributed by atoms with E-state index in [1.54, 1.807) is 12.0 Å². The van der Waals surface area contributed by atoms with Crippen molar-refractivity contribution < 1.29 is 19.0 Å². The van der Waals surface area contributed by atoms with E-state index in [4.69, 9.17) is 14.2 Å². The molecule has 1 saturated heterocycles. The molecule has 162 valence electrons. The van der Waals surface area contributed by atoms with E-state index < -0.39 is 5.60 Å². The van der Waals surface area contributed by atoms with Crippen LogP contribution in [0.25, 0.3) is 0 Å². The highest BCUT2D eigenvalue weighted by Crippen LogP contribution is 2.24. The fourth-order valence-corrected chi connectivity index (χ4v) is 3.63. The van der Waals surface area contributed by atoms with Gasteiger partial charge >= 0.3 is 6.09 Å². The summed E-state index contributed by atoms with van der Waals surface area (Å²) in [5.41, 5.74) is 1.98. The summed E-state index contributed by atoms with van der Waals surface area (Å²) in [5, 5.41) is 0. The number of hydrogen-bond donors (Lipinski definition) is 0. The first-order valence-electron chi connectivity index (χ1n) is 10.7. The molecule has 0 aromatic heterocycles. The fraction of sp³-hybridized carbons (Fsp3) is 0.480. The van der Waals surface area contributed by atoms with Crippen LogP contribution in [-0.2, 0) is 17.6 Å². The molecular formula is C25H33NO4. The summed E-state index contributed by atoms with van der Waals surface area (Å²) in [7, 11) is 1.69. The topological polar surface area (TPSA) is 48.0 Å². The SMILES string of the molecule is COc1cccc(CCc2ccccc2OC[C@H]2CCN(C(=O)OC(C)(C)C)C2)c1. The Hall–Kier alpha value is -2.69. The van der Waals surface area contributed by atoms with Gasteiger partial charge in [0.15, 0.2) is 0 Å². The van der Waals surface area contributed by atoms with Crippen LogP contribution in [0.1, 0.15) is 38.3 Å². The third kappa shape index (κ3) is 6.41. The van der Waals surface area contributed by atoms with Gasteiger partial charge in [0.2, 0.25) is 0 Å². The summed E-state index contributed by atoms with van der Waals surface area (Å²) in [6.45, 7) is 7.69. The lowest BCUT2D eigenvalue weighted by atomic mass is 10.0. The van der Waals surface area contributed by atoms with Crippen LogP contribution in [-0.4, -0.2) is 43.4 Å². The van der Waals surface area contributed by atoms with Gasteiger partial charge in [0.05, 0.1) is 13.7 Å². The molecule has 0 radical (unpaired) electrons. The Morgan fingerprint density at radius 3 is 2.67 bits per heavy atom. The van der Waals surface area contributed by atoms with Crippen molar-refractivity contribution >= 4 is 6.09 Å². The molecule has 0 unspecified atom stereocenters. The van der Waals surface area contributed by atoms with Gasteiger partial charge in [-0.3, -0.25) is 0 Å². The first-order valence-corrected chi connectivity index (χ1v) is 10.7. The van der Waals surface area contributed by atoms with Crippen LogP contribution in [0.4, 0.5) is 4.79 Å². The predicted octanol–water partition coefficient (Wildman–Crippen LogP) is 5.12. The molecular weight excluding hydrogens is 378 g/mol. The van der Waals surface area contributed by atoms with Crippen LogP contribution in [0.2, 0.25) is 0 Å². The van der Waals surface area contributed by atoms with Crippen molar-refractivity contribution in [1.29, 1.82) is 0 Å². The first kappa shape index (κ1) is 22.0. The zero-order chi connectivity index (χ0) is 21.6. The molecule has 0 aliphatic carbocycles. The maximum Gasteiger partial charge on any atom is 0.410 e. The number of amides is 1. The normalized spacial score (nSPS) is 16.4. The number of ether oxygens (including phenoxy) is 3. The summed E-state index contributed by atoms with van der Waals surface area (Å²) in [4.78, 5) is 14.0. The van der Waals surface area contributed by atoms with Crippen molar-refractivity contribution in [1.82, 2.24) is 4.90 Å². The zero-order valence-electron chi connectivity index (χ0n) is 18.5. The summed E-state index contributed by atoms with van der Waals surface area (Å²) < 4.78 is 17.0. The van der Waals surface area contributed by atoms with Gasteiger partial charge in [-0.05, 0) is 69.4 Å². The molecule has 5 heteroatoms. The minimum Gasteiger partial charge on any atom is -0.497 e. The van der Waals surface area contributed by atoms with Gasteiger partial charge in [-0.1, -0.05) is 30.3 Å². The highest BCUT2D eigenvalue weighted by molar-refractivity contribution is 5.68. The Bertz CT molecular complexity index is 843. The number of aryl methyl sites for hydroxylation is 2. The van der Waals surface area contributed by atoms with Gasteiger partial charge in [-0.25, -0.2) is 4.79 Å². The third-order valence-electron chi connectivity index (χ3n) is 5.20. The average Bonchev–Trinajstić information content (AvgIpc) is 3.19. The van der Waals surface area contributed by atoms with Gasteiger partial charge < -0.3 is 19.1 Å². The fourth-order valence-electron chi connectivity index (χ4n) is 3.63. The van der Waals surface area contributed by atoms with E-state index in [9.17, 15) is 4.79 Å². The van der Waals surface area contributed by atoms with Crippen molar-refractivity contribution in [2.75, 3.05) is 26.8 Å². The molecule has 0 spiro atoms. The van der Waals surface area contributed by atoms with Crippen LogP contribution < -0.4 is 9.47 Å². The van der Waals surface area contributed by atoms with Gasteiger partial charge in [0, 0.05) is 19.0 Å². The number of nitrogens with zero attached hydrogens (tertiary/aromatic N) is 1. The largest absolute Gasteiger partial charge is 0.497 e. The molecule has 0 bridgehead atoms. The Balaban J connectivity index is 1.52. The summed E-state index contributed by atoms with van der Waals surface area (Å²) in [5.74, 6) is 2.13. The van der Waals surface area contributed by atoms with Crippen molar-refractivity contribution in [3.8, 4) is 11.5 Å². The van der Waals surface area contributed by atoms with E-state index in [1.807, 2.05) is 51.1 Å². The summed E-state index contributed by atoms with van der Waals surface area (Å²) in [6.07, 6.45) is 2.53. The van der Waals surface area contributed by atoms with Crippen molar-refractivity contribution in [2.45, 2.75) is 45.6 Å². The second-order valence-corrected chi connectivity index (χ2v) is 8.85. The quantitative estimate of drug-likeness (QED) is 0.635. The van der Waals surface area contributed by atoms with E-state index in [0.29, 0.717) is 19.1 Å². The number of benzene rings is 2. The monoisotopic (exact) mass is 411 g/mol. The number of methoxy groups -OCH3 is 1. The second-order valence-electron chi connectivity index (χ2n) is 8.85. The first-order chi connectivity index (χ1) is 14.3. The summed E-state index contributed by atoms with van der Waals surface area (Å²) >= 11 is 0. The molecule has 1 aliphatic heterocycles. The molecule has 1 aliphatic rings. The minimum absolute atomic E-state index is 0.233. The molecule has 0 saturated carbocycles. The molecule has 5 nitrogen and oxygen atoms in total. The number of carbonyl (C=O) groups excluding carboxylic acids is 1.